The van der Waals surface area contributed by atoms with Crippen molar-refractivity contribution in [2.75, 3.05) is 33.4 Å². The van der Waals surface area contributed by atoms with Crippen LogP contribution in [-0.4, -0.2) is 49.5 Å². The number of aliphatic hydroxyl groups is 1. The first kappa shape index (κ1) is 13.9. The summed E-state index contributed by atoms with van der Waals surface area (Å²) in [6, 6.07) is 0.608. The van der Waals surface area contributed by atoms with E-state index >= 15 is 0 Å². The zero-order valence-corrected chi connectivity index (χ0v) is 11.0. The van der Waals surface area contributed by atoms with E-state index in [0.717, 1.165) is 32.6 Å². The molecule has 1 aliphatic heterocycles. The van der Waals surface area contributed by atoms with Crippen molar-refractivity contribution >= 4 is 0 Å². The number of hydrogen-bond acceptors (Lipinski definition) is 3. The molecule has 0 saturated carbocycles. The Bertz CT molecular complexity index is 190. The van der Waals surface area contributed by atoms with Crippen LogP contribution in [0.25, 0.3) is 0 Å². The zero-order chi connectivity index (χ0) is 12.0. The minimum absolute atomic E-state index is 0.0784. The highest BCUT2D eigenvalue weighted by atomic mass is 16.5. The Kier molecular flexibility index (Phi) is 5.73. The fraction of sp³-hybridized carbons (Fsp3) is 1.00. The molecule has 16 heavy (non-hydrogen) atoms. The zero-order valence-electron chi connectivity index (χ0n) is 11.0. The predicted molar refractivity (Wildman–Crippen MR) is 66.6 cm³/mol. The van der Waals surface area contributed by atoms with Gasteiger partial charge in [0.05, 0.1) is 6.61 Å². The topological polar surface area (TPSA) is 32.7 Å². The molecule has 1 heterocycles. The minimum Gasteiger partial charge on any atom is -0.396 e. The predicted octanol–water partition coefficient (Wildman–Crippen LogP) is 1.90. The lowest BCUT2D eigenvalue weighted by Crippen LogP contribution is -2.45. The van der Waals surface area contributed by atoms with E-state index < -0.39 is 0 Å². The molecule has 96 valence electrons. The summed E-state index contributed by atoms with van der Waals surface area (Å²) >= 11 is 0. The fourth-order valence-corrected chi connectivity index (χ4v) is 2.49. The smallest absolute Gasteiger partial charge is 0.0501 e. The Hall–Kier alpha value is -0.120. The average Bonchev–Trinajstić information content (AvgIpc) is 2.30. The quantitative estimate of drug-likeness (QED) is 0.755. The van der Waals surface area contributed by atoms with E-state index in [2.05, 4.69) is 25.8 Å². The number of hydrogen-bond donors (Lipinski definition) is 1. The van der Waals surface area contributed by atoms with E-state index in [0.29, 0.717) is 12.6 Å². The lowest BCUT2D eigenvalue weighted by molar-refractivity contribution is -0.0357. The molecule has 1 N–H and O–H groups in total. The van der Waals surface area contributed by atoms with Crippen LogP contribution in [0.1, 0.15) is 39.5 Å². The van der Waals surface area contributed by atoms with Gasteiger partial charge in [0.2, 0.25) is 0 Å². The molecule has 0 spiro atoms. The van der Waals surface area contributed by atoms with Crippen LogP contribution in [0.2, 0.25) is 0 Å². The molecule has 0 aromatic heterocycles. The highest BCUT2D eigenvalue weighted by Crippen LogP contribution is 2.31. The summed E-state index contributed by atoms with van der Waals surface area (Å²) in [5, 5.41) is 9.62. The maximum atomic E-state index is 9.62. The van der Waals surface area contributed by atoms with E-state index in [1.807, 2.05) is 0 Å². The Morgan fingerprint density at radius 1 is 1.38 bits per heavy atom. The number of ether oxygens (including phenoxy) is 1. The lowest BCUT2D eigenvalue weighted by atomic mass is 9.80. The Balaban J connectivity index is 2.48. The SMILES string of the molecule is CCCC(C)N(C)CC1(CO)CCOCC1. The minimum atomic E-state index is 0.0784. The van der Waals surface area contributed by atoms with E-state index in [1.165, 1.54) is 12.8 Å². The van der Waals surface area contributed by atoms with Crippen LogP contribution < -0.4 is 0 Å². The third kappa shape index (κ3) is 3.72. The highest BCUT2D eigenvalue weighted by molar-refractivity contribution is 4.85. The molecule has 1 atom stereocenters. The van der Waals surface area contributed by atoms with Crippen molar-refractivity contribution in [1.82, 2.24) is 4.90 Å². The molecule has 0 bridgehead atoms. The summed E-state index contributed by atoms with van der Waals surface area (Å²) in [6.45, 7) is 7.38. The van der Waals surface area contributed by atoms with E-state index in [1.54, 1.807) is 0 Å². The monoisotopic (exact) mass is 229 g/mol. The van der Waals surface area contributed by atoms with Crippen molar-refractivity contribution in [2.45, 2.75) is 45.6 Å². The molecule has 1 fully saturated rings. The maximum Gasteiger partial charge on any atom is 0.0501 e. The van der Waals surface area contributed by atoms with Gasteiger partial charge in [-0.05, 0) is 33.2 Å². The van der Waals surface area contributed by atoms with Gasteiger partial charge in [-0.3, -0.25) is 0 Å². The normalized spacial score (nSPS) is 22.3. The number of rotatable bonds is 6. The average molecular weight is 229 g/mol. The standard InChI is InChI=1S/C13H27NO2/c1-4-5-12(2)14(3)10-13(11-15)6-8-16-9-7-13/h12,15H,4-11H2,1-3H3. The van der Waals surface area contributed by atoms with Crippen molar-refractivity contribution in [3.05, 3.63) is 0 Å². The van der Waals surface area contributed by atoms with Crippen LogP contribution in [0.15, 0.2) is 0 Å². The summed E-state index contributed by atoms with van der Waals surface area (Å²) in [5.41, 5.74) is 0.0784. The summed E-state index contributed by atoms with van der Waals surface area (Å²) in [4.78, 5) is 2.39. The van der Waals surface area contributed by atoms with Crippen molar-refractivity contribution in [1.29, 1.82) is 0 Å². The molecule has 3 nitrogen and oxygen atoms in total. The van der Waals surface area contributed by atoms with E-state index in [4.69, 9.17) is 4.74 Å². The van der Waals surface area contributed by atoms with Crippen molar-refractivity contribution in [3.63, 3.8) is 0 Å². The molecule has 0 radical (unpaired) electrons. The Morgan fingerprint density at radius 2 is 2.00 bits per heavy atom. The molecule has 3 heteroatoms. The first-order valence-electron chi connectivity index (χ1n) is 6.52. The van der Waals surface area contributed by atoms with Gasteiger partial charge >= 0.3 is 0 Å². The second-order valence-electron chi connectivity index (χ2n) is 5.32. The van der Waals surface area contributed by atoms with Crippen LogP contribution in [0, 0.1) is 5.41 Å². The molecule has 0 aromatic carbocycles. The third-order valence-electron chi connectivity index (χ3n) is 3.93. The number of nitrogens with zero attached hydrogens (tertiary/aromatic N) is 1. The van der Waals surface area contributed by atoms with Crippen LogP contribution in [-0.2, 0) is 4.74 Å². The van der Waals surface area contributed by atoms with Crippen LogP contribution in [0.3, 0.4) is 0 Å². The molecule has 0 aromatic rings. The summed E-state index contributed by atoms with van der Waals surface area (Å²) < 4.78 is 5.39. The summed E-state index contributed by atoms with van der Waals surface area (Å²) in [6.07, 6.45) is 4.44. The van der Waals surface area contributed by atoms with Crippen molar-refractivity contribution in [3.8, 4) is 0 Å². The molecule has 1 rings (SSSR count). The second-order valence-corrected chi connectivity index (χ2v) is 5.32. The Labute approximate surface area is 99.8 Å². The van der Waals surface area contributed by atoms with Gasteiger partial charge < -0.3 is 14.7 Å². The lowest BCUT2D eigenvalue weighted by Gasteiger charge is -2.40. The van der Waals surface area contributed by atoms with Crippen molar-refractivity contribution < 1.29 is 9.84 Å². The van der Waals surface area contributed by atoms with Gasteiger partial charge in [-0.15, -0.1) is 0 Å². The van der Waals surface area contributed by atoms with Crippen LogP contribution in [0.4, 0.5) is 0 Å². The van der Waals surface area contributed by atoms with Gasteiger partial charge in [-0.1, -0.05) is 13.3 Å². The number of aliphatic hydroxyl groups excluding tert-OH is 1. The maximum absolute atomic E-state index is 9.62. The third-order valence-corrected chi connectivity index (χ3v) is 3.93. The molecular weight excluding hydrogens is 202 g/mol. The first-order chi connectivity index (χ1) is 7.63. The van der Waals surface area contributed by atoms with Crippen LogP contribution >= 0.6 is 0 Å². The highest BCUT2D eigenvalue weighted by Gasteiger charge is 2.33. The molecule has 1 saturated heterocycles. The van der Waals surface area contributed by atoms with Gasteiger partial charge in [0.1, 0.15) is 0 Å². The Morgan fingerprint density at radius 3 is 2.50 bits per heavy atom. The fourth-order valence-electron chi connectivity index (χ4n) is 2.49. The largest absolute Gasteiger partial charge is 0.396 e. The molecule has 1 unspecified atom stereocenters. The second kappa shape index (κ2) is 6.58. The van der Waals surface area contributed by atoms with Gasteiger partial charge in [0, 0.05) is 31.2 Å². The van der Waals surface area contributed by atoms with Gasteiger partial charge in [-0.2, -0.15) is 0 Å². The summed E-state index contributed by atoms with van der Waals surface area (Å²) in [7, 11) is 2.17. The van der Waals surface area contributed by atoms with E-state index in [9.17, 15) is 5.11 Å². The van der Waals surface area contributed by atoms with Crippen molar-refractivity contribution in [2.24, 2.45) is 5.41 Å². The van der Waals surface area contributed by atoms with Gasteiger partial charge in [0.25, 0.3) is 0 Å². The van der Waals surface area contributed by atoms with Gasteiger partial charge in [0.15, 0.2) is 0 Å². The molecule has 0 amide bonds. The van der Waals surface area contributed by atoms with E-state index in [-0.39, 0.29) is 5.41 Å². The summed E-state index contributed by atoms with van der Waals surface area (Å²) in [5.74, 6) is 0. The van der Waals surface area contributed by atoms with Crippen LogP contribution in [0.5, 0.6) is 0 Å². The molecule has 1 aliphatic rings. The molecule has 0 aliphatic carbocycles. The first-order valence-corrected chi connectivity index (χ1v) is 6.52. The van der Waals surface area contributed by atoms with Gasteiger partial charge in [-0.25, -0.2) is 0 Å². The molecular formula is C13H27NO2.